The number of nitrogens with zero attached hydrogens (tertiary/aromatic N) is 2. The number of aromatic nitrogens is 3. The van der Waals surface area contributed by atoms with Crippen LogP contribution in [0.1, 0.15) is 52.3 Å². The van der Waals surface area contributed by atoms with E-state index in [0.29, 0.717) is 28.8 Å². The minimum atomic E-state index is 0.0905. The van der Waals surface area contributed by atoms with Crippen molar-refractivity contribution in [1.82, 2.24) is 20.5 Å². The van der Waals surface area contributed by atoms with E-state index < -0.39 is 0 Å². The fourth-order valence-electron chi connectivity index (χ4n) is 2.86. The quantitative estimate of drug-likeness (QED) is 0.793. The summed E-state index contributed by atoms with van der Waals surface area (Å²) >= 11 is 1.40. The molecule has 0 spiro atoms. The van der Waals surface area contributed by atoms with Crippen LogP contribution >= 0.6 is 11.8 Å². The first kappa shape index (κ1) is 16.3. The van der Waals surface area contributed by atoms with Gasteiger partial charge in [-0.2, -0.15) is 0 Å². The van der Waals surface area contributed by atoms with Crippen LogP contribution in [0.5, 0.6) is 0 Å². The van der Waals surface area contributed by atoms with E-state index in [1.165, 1.54) is 24.6 Å². The van der Waals surface area contributed by atoms with E-state index in [9.17, 15) is 4.79 Å². The second-order valence-corrected chi connectivity index (χ2v) is 6.99. The predicted octanol–water partition coefficient (Wildman–Crippen LogP) is 2.79. The van der Waals surface area contributed by atoms with Gasteiger partial charge in [-0.15, -0.1) is 5.10 Å². The monoisotopic (exact) mass is 310 g/mol. The normalized spacial score (nSPS) is 25.8. The predicted molar refractivity (Wildman–Crippen MR) is 85.2 cm³/mol. The highest BCUT2D eigenvalue weighted by Crippen LogP contribution is 2.29. The first-order valence-electron chi connectivity index (χ1n) is 7.93. The molecule has 6 heteroatoms. The summed E-state index contributed by atoms with van der Waals surface area (Å²) in [6, 6.07) is 0.324. The van der Waals surface area contributed by atoms with Crippen LogP contribution in [0, 0.1) is 11.8 Å². The summed E-state index contributed by atoms with van der Waals surface area (Å²) in [4.78, 5) is 16.4. The zero-order chi connectivity index (χ0) is 15.2. The smallest absolute Gasteiger partial charge is 0.230 e. The molecule has 3 atom stereocenters. The summed E-state index contributed by atoms with van der Waals surface area (Å²) in [5.41, 5.74) is 0. The van der Waals surface area contributed by atoms with Gasteiger partial charge in [-0.3, -0.25) is 9.89 Å². The molecule has 0 aromatic carbocycles. The third-order valence-electron chi connectivity index (χ3n) is 4.38. The number of rotatable bonds is 6. The summed E-state index contributed by atoms with van der Waals surface area (Å²) < 4.78 is 0. The number of amides is 1. The molecule has 1 amide bonds. The molecule has 0 aliphatic heterocycles. The van der Waals surface area contributed by atoms with Crippen LogP contribution in [0.4, 0.5) is 0 Å². The Labute approximate surface area is 131 Å². The summed E-state index contributed by atoms with van der Waals surface area (Å²) in [5.74, 6) is 2.64. The maximum atomic E-state index is 12.1. The molecule has 0 radical (unpaired) electrons. The van der Waals surface area contributed by atoms with Gasteiger partial charge in [0, 0.05) is 12.5 Å². The highest BCUT2D eigenvalue weighted by atomic mass is 32.2. The van der Waals surface area contributed by atoms with E-state index in [-0.39, 0.29) is 5.91 Å². The van der Waals surface area contributed by atoms with Crippen molar-refractivity contribution in [2.75, 3.05) is 5.75 Å². The Morgan fingerprint density at radius 3 is 3.00 bits per heavy atom. The van der Waals surface area contributed by atoms with Gasteiger partial charge in [0.25, 0.3) is 0 Å². The van der Waals surface area contributed by atoms with E-state index in [0.717, 1.165) is 25.1 Å². The number of hydrogen-bond donors (Lipinski definition) is 2. The number of carbonyl (C=O) groups is 1. The lowest BCUT2D eigenvalue weighted by atomic mass is 9.78. The zero-order valence-electron chi connectivity index (χ0n) is 13.2. The molecule has 0 saturated heterocycles. The molecule has 1 aliphatic carbocycles. The maximum absolute atomic E-state index is 12.1. The minimum absolute atomic E-state index is 0.0905. The molecule has 2 N–H and O–H groups in total. The zero-order valence-corrected chi connectivity index (χ0v) is 14.0. The molecule has 5 nitrogen and oxygen atoms in total. The molecule has 118 valence electrons. The molecule has 1 heterocycles. The van der Waals surface area contributed by atoms with Gasteiger partial charge in [-0.1, -0.05) is 45.4 Å². The number of aryl methyl sites for hydroxylation is 1. The number of aromatic amines is 1. The molecule has 2 rings (SSSR count). The first-order valence-corrected chi connectivity index (χ1v) is 8.92. The van der Waals surface area contributed by atoms with E-state index >= 15 is 0 Å². The van der Waals surface area contributed by atoms with Crippen LogP contribution in [0.25, 0.3) is 0 Å². The fraction of sp³-hybridized carbons (Fsp3) is 0.800. The number of hydrogen-bond acceptors (Lipinski definition) is 4. The topological polar surface area (TPSA) is 70.7 Å². The molecule has 1 aromatic heterocycles. The molecule has 3 unspecified atom stereocenters. The standard InChI is InChI=1S/C15H26N4OS/c1-4-6-13-17-15(19-18-13)21-9-14(20)16-12-8-5-7-10(2)11(12)3/h10-12H,4-9H2,1-3H3,(H,16,20)(H,17,18,19). The van der Waals surface area contributed by atoms with Crippen molar-refractivity contribution in [1.29, 1.82) is 0 Å². The summed E-state index contributed by atoms with van der Waals surface area (Å²) in [6.45, 7) is 6.63. The van der Waals surface area contributed by atoms with Crippen LogP contribution in [0.2, 0.25) is 0 Å². The van der Waals surface area contributed by atoms with Crippen LogP contribution < -0.4 is 5.32 Å². The van der Waals surface area contributed by atoms with Gasteiger partial charge in [0.1, 0.15) is 5.82 Å². The number of thioether (sulfide) groups is 1. The summed E-state index contributed by atoms with van der Waals surface area (Å²) in [5, 5.41) is 10.9. The molecule has 1 fully saturated rings. The van der Waals surface area contributed by atoms with Crippen LogP contribution in [-0.4, -0.2) is 32.9 Å². The van der Waals surface area contributed by atoms with E-state index in [1.807, 2.05) is 0 Å². The van der Waals surface area contributed by atoms with E-state index in [2.05, 4.69) is 41.3 Å². The molecular formula is C15H26N4OS. The Kier molecular flexibility index (Phi) is 6.08. The van der Waals surface area contributed by atoms with Gasteiger partial charge in [0.15, 0.2) is 0 Å². The van der Waals surface area contributed by atoms with Gasteiger partial charge in [-0.05, 0) is 24.7 Å². The van der Waals surface area contributed by atoms with Gasteiger partial charge >= 0.3 is 0 Å². The average Bonchev–Trinajstić information content (AvgIpc) is 2.90. The summed E-state index contributed by atoms with van der Waals surface area (Å²) in [6.07, 6.45) is 5.53. The fourth-order valence-corrected chi connectivity index (χ4v) is 3.48. The molecule has 21 heavy (non-hydrogen) atoms. The highest BCUT2D eigenvalue weighted by molar-refractivity contribution is 7.99. The third-order valence-corrected chi connectivity index (χ3v) is 5.23. The Morgan fingerprint density at radius 1 is 1.43 bits per heavy atom. The van der Waals surface area contributed by atoms with Crippen LogP contribution in [-0.2, 0) is 11.2 Å². The van der Waals surface area contributed by atoms with Gasteiger partial charge < -0.3 is 5.32 Å². The van der Waals surface area contributed by atoms with Gasteiger partial charge in [0.05, 0.1) is 5.75 Å². The first-order chi connectivity index (χ1) is 10.1. The maximum Gasteiger partial charge on any atom is 0.230 e. The number of H-pyrrole nitrogens is 1. The number of carbonyl (C=O) groups excluding carboxylic acids is 1. The lowest BCUT2D eigenvalue weighted by Crippen LogP contribution is -2.44. The van der Waals surface area contributed by atoms with Gasteiger partial charge in [0.2, 0.25) is 11.1 Å². The van der Waals surface area contributed by atoms with Gasteiger partial charge in [-0.25, -0.2) is 4.98 Å². The van der Waals surface area contributed by atoms with Crippen molar-refractivity contribution < 1.29 is 4.79 Å². The largest absolute Gasteiger partial charge is 0.352 e. The van der Waals surface area contributed by atoms with E-state index in [1.54, 1.807) is 0 Å². The second-order valence-electron chi connectivity index (χ2n) is 6.04. The molecular weight excluding hydrogens is 284 g/mol. The lowest BCUT2D eigenvalue weighted by Gasteiger charge is -2.34. The van der Waals surface area contributed by atoms with Crippen molar-refractivity contribution in [2.45, 2.75) is 64.1 Å². The molecule has 1 aliphatic rings. The Balaban J connectivity index is 1.76. The van der Waals surface area contributed by atoms with Crippen molar-refractivity contribution in [2.24, 2.45) is 11.8 Å². The summed E-state index contributed by atoms with van der Waals surface area (Å²) in [7, 11) is 0. The second kappa shape index (κ2) is 7.82. The van der Waals surface area contributed by atoms with E-state index in [4.69, 9.17) is 0 Å². The Hall–Kier alpha value is -1.04. The molecule has 1 saturated carbocycles. The SMILES string of the molecule is CCCc1nc(SCC(=O)NC2CCCC(C)C2C)n[nH]1. The number of nitrogens with one attached hydrogen (secondary N) is 2. The average molecular weight is 310 g/mol. The minimum Gasteiger partial charge on any atom is -0.352 e. The van der Waals surface area contributed by atoms with Crippen molar-refractivity contribution in [3.05, 3.63) is 5.82 Å². The van der Waals surface area contributed by atoms with Crippen LogP contribution in [0.3, 0.4) is 0 Å². The Morgan fingerprint density at radius 2 is 2.24 bits per heavy atom. The van der Waals surface area contributed by atoms with Crippen molar-refractivity contribution >= 4 is 17.7 Å². The Bertz CT molecular complexity index is 462. The lowest BCUT2D eigenvalue weighted by molar-refractivity contribution is -0.120. The van der Waals surface area contributed by atoms with Crippen LogP contribution in [0.15, 0.2) is 5.16 Å². The highest BCUT2D eigenvalue weighted by Gasteiger charge is 2.28. The van der Waals surface area contributed by atoms with Crippen molar-refractivity contribution in [3.8, 4) is 0 Å². The molecule has 1 aromatic rings. The molecule has 0 bridgehead atoms. The van der Waals surface area contributed by atoms with Crippen molar-refractivity contribution in [3.63, 3.8) is 0 Å². The third kappa shape index (κ3) is 4.73.